The summed E-state index contributed by atoms with van der Waals surface area (Å²) < 4.78 is 0. The summed E-state index contributed by atoms with van der Waals surface area (Å²) in [7, 11) is -1.12. The lowest BCUT2D eigenvalue weighted by Gasteiger charge is -2.16. The minimum Gasteiger partial charge on any atom is -0.0910 e. The standard InChI is InChI=1S/C15H22Si/c1-11-12(2)15(10-16(3,4)5)14-9-7-6-8-13(11)14/h6-12H,1-5H3/b15-10+. The molecule has 0 heterocycles. The monoisotopic (exact) mass is 230 g/mol. The predicted octanol–water partition coefficient (Wildman–Crippen LogP) is 4.70. The van der Waals surface area contributed by atoms with E-state index in [1.54, 1.807) is 11.1 Å². The Kier molecular flexibility index (Phi) is 2.83. The summed E-state index contributed by atoms with van der Waals surface area (Å²) in [5.41, 5.74) is 7.23. The van der Waals surface area contributed by atoms with Gasteiger partial charge in [0.1, 0.15) is 0 Å². The van der Waals surface area contributed by atoms with Crippen molar-refractivity contribution < 1.29 is 0 Å². The first-order valence-corrected chi connectivity index (χ1v) is 9.80. The quantitative estimate of drug-likeness (QED) is 0.613. The lowest BCUT2D eigenvalue weighted by Crippen LogP contribution is -2.17. The topological polar surface area (TPSA) is 0 Å². The molecule has 16 heavy (non-hydrogen) atoms. The number of fused-ring (bicyclic) bond motifs is 1. The highest BCUT2D eigenvalue weighted by Crippen LogP contribution is 2.45. The van der Waals surface area contributed by atoms with Gasteiger partial charge in [-0.2, -0.15) is 0 Å². The molecular formula is C15H22Si. The number of hydrogen-bond acceptors (Lipinski definition) is 0. The molecule has 1 heteroatoms. The zero-order valence-corrected chi connectivity index (χ0v) is 12.0. The fraction of sp³-hybridized carbons (Fsp3) is 0.467. The first-order chi connectivity index (χ1) is 7.40. The summed E-state index contributed by atoms with van der Waals surface area (Å²) in [6.45, 7) is 12.0. The Bertz CT molecular complexity index is 423. The molecule has 2 atom stereocenters. The Hall–Kier alpha value is -0.823. The molecule has 0 aromatic heterocycles. The summed E-state index contributed by atoms with van der Waals surface area (Å²) >= 11 is 0. The Morgan fingerprint density at radius 3 is 2.25 bits per heavy atom. The molecule has 0 aliphatic heterocycles. The first-order valence-electron chi connectivity index (χ1n) is 6.22. The van der Waals surface area contributed by atoms with Crippen molar-refractivity contribution in [1.29, 1.82) is 0 Å². The average Bonchev–Trinajstić information content (AvgIpc) is 2.43. The molecule has 0 spiro atoms. The number of allylic oxidation sites excluding steroid dienone is 1. The van der Waals surface area contributed by atoms with E-state index in [0.29, 0.717) is 11.8 Å². The van der Waals surface area contributed by atoms with Gasteiger partial charge in [-0.3, -0.25) is 0 Å². The number of rotatable bonds is 1. The number of benzene rings is 1. The second-order valence-electron chi connectivity index (χ2n) is 6.13. The molecule has 0 fully saturated rings. The molecule has 1 aliphatic carbocycles. The third kappa shape index (κ3) is 2.01. The lowest BCUT2D eigenvalue weighted by molar-refractivity contribution is 0.637. The maximum absolute atomic E-state index is 2.58. The van der Waals surface area contributed by atoms with Crippen molar-refractivity contribution in [1.82, 2.24) is 0 Å². The Balaban J connectivity index is 2.54. The largest absolute Gasteiger partial charge is 0.0910 e. The van der Waals surface area contributed by atoms with Crippen LogP contribution in [0, 0.1) is 5.92 Å². The van der Waals surface area contributed by atoms with Gasteiger partial charge in [-0.15, -0.1) is 0 Å². The maximum Gasteiger partial charge on any atom is 0.0691 e. The zero-order valence-electron chi connectivity index (χ0n) is 11.0. The van der Waals surface area contributed by atoms with Crippen LogP contribution in [0.25, 0.3) is 5.57 Å². The van der Waals surface area contributed by atoms with Gasteiger partial charge in [0.25, 0.3) is 0 Å². The molecule has 0 saturated carbocycles. The van der Waals surface area contributed by atoms with Crippen molar-refractivity contribution >= 4 is 13.6 Å². The van der Waals surface area contributed by atoms with Gasteiger partial charge in [-0.25, -0.2) is 0 Å². The van der Waals surface area contributed by atoms with E-state index in [4.69, 9.17) is 0 Å². The van der Waals surface area contributed by atoms with Crippen LogP contribution >= 0.6 is 0 Å². The van der Waals surface area contributed by atoms with Gasteiger partial charge in [0.2, 0.25) is 0 Å². The molecule has 0 amide bonds. The summed E-state index contributed by atoms with van der Waals surface area (Å²) in [5, 5.41) is 0. The van der Waals surface area contributed by atoms with Crippen LogP contribution in [-0.2, 0) is 0 Å². The summed E-state index contributed by atoms with van der Waals surface area (Å²) in [6.07, 6.45) is 0. The van der Waals surface area contributed by atoms with Crippen molar-refractivity contribution in [2.75, 3.05) is 0 Å². The van der Waals surface area contributed by atoms with Gasteiger partial charge in [-0.1, -0.05) is 63.5 Å². The highest BCUT2D eigenvalue weighted by atomic mass is 28.3. The third-order valence-corrected chi connectivity index (χ3v) is 4.77. The molecule has 0 nitrogen and oxygen atoms in total. The second-order valence-corrected chi connectivity index (χ2v) is 11.2. The fourth-order valence-electron chi connectivity index (χ4n) is 2.62. The van der Waals surface area contributed by atoms with Crippen molar-refractivity contribution in [2.45, 2.75) is 39.4 Å². The van der Waals surface area contributed by atoms with Crippen LogP contribution < -0.4 is 0 Å². The molecule has 1 aromatic rings. The molecule has 2 unspecified atom stereocenters. The van der Waals surface area contributed by atoms with Crippen molar-refractivity contribution in [3.63, 3.8) is 0 Å². The fourth-order valence-corrected chi connectivity index (χ4v) is 3.97. The van der Waals surface area contributed by atoms with Gasteiger partial charge in [0.15, 0.2) is 0 Å². The molecule has 1 aromatic carbocycles. The van der Waals surface area contributed by atoms with Crippen LogP contribution in [-0.4, -0.2) is 8.07 Å². The highest BCUT2D eigenvalue weighted by molar-refractivity contribution is 6.81. The van der Waals surface area contributed by atoms with E-state index >= 15 is 0 Å². The van der Waals surface area contributed by atoms with E-state index < -0.39 is 8.07 Å². The van der Waals surface area contributed by atoms with E-state index in [-0.39, 0.29) is 0 Å². The van der Waals surface area contributed by atoms with Crippen molar-refractivity contribution in [3.8, 4) is 0 Å². The lowest BCUT2D eigenvalue weighted by atomic mass is 9.95. The molecule has 0 bridgehead atoms. The van der Waals surface area contributed by atoms with Gasteiger partial charge in [-0.05, 0) is 28.5 Å². The van der Waals surface area contributed by atoms with Crippen LogP contribution in [0.4, 0.5) is 0 Å². The molecule has 1 aliphatic rings. The van der Waals surface area contributed by atoms with E-state index in [2.05, 4.69) is 63.5 Å². The Morgan fingerprint density at radius 2 is 1.62 bits per heavy atom. The maximum atomic E-state index is 2.58. The van der Waals surface area contributed by atoms with Crippen LogP contribution in [0.1, 0.15) is 30.9 Å². The second kappa shape index (κ2) is 3.88. The summed E-state index contributed by atoms with van der Waals surface area (Å²) in [6, 6.07) is 8.92. The van der Waals surface area contributed by atoms with Crippen molar-refractivity contribution in [2.24, 2.45) is 5.92 Å². The molecule has 2 rings (SSSR count). The summed E-state index contributed by atoms with van der Waals surface area (Å²) in [4.78, 5) is 0. The molecule has 0 N–H and O–H groups in total. The van der Waals surface area contributed by atoms with Crippen LogP contribution in [0.5, 0.6) is 0 Å². The number of hydrogen-bond donors (Lipinski definition) is 0. The van der Waals surface area contributed by atoms with Gasteiger partial charge in [0.05, 0.1) is 8.07 Å². The van der Waals surface area contributed by atoms with Crippen molar-refractivity contribution in [3.05, 3.63) is 41.1 Å². The van der Waals surface area contributed by atoms with Gasteiger partial charge in [0, 0.05) is 0 Å². The Labute approximate surface area is 100 Å². The normalized spacial score (nSPS) is 27.2. The molecule has 0 saturated heterocycles. The third-order valence-electron chi connectivity index (χ3n) is 3.59. The molecular weight excluding hydrogens is 208 g/mol. The Morgan fingerprint density at radius 1 is 1.00 bits per heavy atom. The van der Waals surface area contributed by atoms with Crippen LogP contribution in [0.3, 0.4) is 0 Å². The summed E-state index contributed by atoms with van der Waals surface area (Å²) in [5.74, 6) is 1.36. The van der Waals surface area contributed by atoms with E-state index in [0.717, 1.165) is 0 Å². The average molecular weight is 230 g/mol. The zero-order chi connectivity index (χ0) is 11.9. The van der Waals surface area contributed by atoms with Gasteiger partial charge >= 0.3 is 0 Å². The smallest absolute Gasteiger partial charge is 0.0691 e. The van der Waals surface area contributed by atoms with Crippen LogP contribution in [0.15, 0.2) is 30.0 Å². The van der Waals surface area contributed by atoms with E-state index in [1.165, 1.54) is 5.56 Å². The predicted molar refractivity (Wildman–Crippen MR) is 75.3 cm³/mol. The van der Waals surface area contributed by atoms with E-state index in [1.807, 2.05) is 0 Å². The first kappa shape index (κ1) is 11.7. The highest BCUT2D eigenvalue weighted by Gasteiger charge is 2.30. The minimum absolute atomic E-state index is 0.679. The minimum atomic E-state index is -1.12. The molecule has 86 valence electrons. The van der Waals surface area contributed by atoms with Crippen LogP contribution in [0.2, 0.25) is 19.6 Å². The molecule has 0 radical (unpaired) electrons. The SMILES string of the molecule is CC1/C(=C\[Si](C)(C)C)c2ccccc2C1C. The van der Waals surface area contributed by atoms with E-state index in [9.17, 15) is 0 Å². The van der Waals surface area contributed by atoms with Gasteiger partial charge < -0.3 is 0 Å².